The Bertz CT molecular complexity index is 407. The summed E-state index contributed by atoms with van der Waals surface area (Å²) >= 11 is 0. The van der Waals surface area contributed by atoms with Gasteiger partial charge < -0.3 is 9.64 Å². The Labute approximate surface area is 108 Å². The smallest absolute Gasteiger partial charge is 0.222 e. The summed E-state index contributed by atoms with van der Waals surface area (Å²) in [5.74, 6) is -0.0631. The average molecular weight is 253 g/mol. The molecule has 0 saturated heterocycles. The normalized spacial score (nSPS) is 10.2. The zero-order valence-corrected chi connectivity index (χ0v) is 11.2. The number of halogens is 1. The quantitative estimate of drug-likeness (QED) is 0.780. The summed E-state index contributed by atoms with van der Waals surface area (Å²) in [6.45, 7) is 4.97. The van der Waals surface area contributed by atoms with Crippen LogP contribution in [0.3, 0.4) is 0 Å². The number of carbonyl (C=O) groups excluding carboxylic acids is 1. The van der Waals surface area contributed by atoms with E-state index in [1.807, 2.05) is 13.8 Å². The van der Waals surface area contributed by atoms with Crippen molar-refractivity contribution in [3.8, 4) is 5.75 Å². The zero-order chi connectivity index (χ0) is 13.5. The lowest BCUT2D eigenvalue weighted by Gasteiger charge is -2.21. The molecular formula is C14H20FNO2. The molecule has 0 unspecified atom stereocenters. The largest absolute Gasteiger partial charge is 0.494 e. The third-order valence-electron chi connectivity index (χ3n) is 2.79. The van der Waals surface area contributed by atoms with Crippen LogP contribution in [0.4, 0.5) is 4.39 Å². The van der Waals surface area contributed by atoms with Crippen molar-refractivity contribution >= 4 is 5.91 Å². The number of ether oxygens (including phenoxy) is 1. The van der Waals surface area contributed by atoms with Gasteiger partial charge in [-0.05, 0) is 31.0 Å². The summed E-state index contributed by atoms with van der Waals surface area (Å²) in [4.78, 5) is 13.5. The van der Waals surface area contributed by atoms with E-state index in [9.17, 15) is 9.18 Å². The fourth-order valence-corrected chi connectivity index (χ4v) is 1.78. The minimum atomic E-state index is -0.394. The second kappa shape index (κ2) is 6.99. The first-order valence-electron chi connectivity index (χ1n) is 6.22. The van der Waals surface area contributed by atoms with E-state index < -0.39 is 5.82 Å². The number of hydrogen-bond donors (Lipinski definition) is 0. The molecule has 0 fully saturated rings. The van der Waals surface area contributed by atoms with Crippen LogP contribution >= 0.6 is 0 Å². The van der Waals surface area contributed by atoms with E-state index in [0.29, 0.717) is 19.5 Å². The van der Waals surface area contributed by atoms with Gasteiger partial charge in [-0.3, -0.25) is 4.79 Å². The van der Waals surface area contributed by atoms with Crippen LogP contribution in [0.1, 0.15) is 32.3 Å². The first-order valence-corrected chi connectivity index (χ1v) is 6.22. The van der Waals surface area contributed by atoms with Gasteiger partial charge in [0.2, 0.25) is 5.91 Å². The molecule has 0 saturated carbocycles. The summed E-state index contributed by atoms with van der Waals surface area (Å²) in [7, 11) is 1.43. The molecule has 18 heavy (non-hydrogen) atoms. The SMILES string of the molecule is CCCC(=O)N(CC)Cc1ccc(OC)c(F)c1. The van der Waals surface area contributed by atoms with Gasteiger partial charge in [0.25, 0.3) is 0 Å². The average Bonchev–Trinajstić information content (AvgIpc) is 2.36. The Morgan fingerprint density at radius 2 is 2.11 bits per heavy atom. The van der Waals surface area contributed by atoms with E-state index in [2.05, 4.69) is 0 Å². The molecule has 0 aliphatic rings. The molecule has 0 N–H and O–H groups in total. The summed E-state index contributed by atoms with van der Waals surface area (Å²) in [5.41, 5.74) is 0.777. The first-order chi connectivity index (χ1) is 8.62. The van der Waals surface area contributed by atoms with E-state index in [1.165, 1.54) is 13.2 Å². The molecule has 4 heteroatoms. The number of benzene rings is 1. The maximum atomic E-state index is 13.5. The Hall–Kier alpha value is -1.58. The molecule has 100 valence electrons. The second-order valence-electron chi connectivity index (χ2n) is 4.13. The van der Waals surface area contributed by atoms with Gasteiger partial charge in [0.15, 0.2) is 11.6 Å². The standard InChI is InChI=1S/C14H20FNO2/c1-4-6-14(17)16(5-2)10-11-7-8-13(18-3)12(15)9-11/h7-9H,4-6,10H2,1-3H3. The molecule has 1 rings (SSSR count). The van der Waals surface area contributed by atoms with Crippen LogP contribution in [-0.2, 0) is 11.3 Å². The van der Waals surface area contributed by atoms with Crippen molar-refractivity contribution < 1.29 is 13.9 Å². The predicted molar refractivity (Wildman–Crippen MR) is 69.0 cm³/mol. The zero-order valence-electron chi connectivity index (χ0n) is 11.2. The number of hydrogen-bond acceptors (Lipinski definition) is 2. The monoisotopic (exact) mass is 253 g/mol. The number of amides is 1. The highest BCUT2D eigenvalue weighted by molar-refractivity contribution is 5.76. The van der Waals surface area contributed by atoms with Gasteiger partial charge >= 0.3 is 0 Å². The lowest BCUT2D eigenvalue weighted by molar-refractivity contribution is -0.131. The minimum Gasteiger partial charge on any atom is -0.494 e. The highest BCUT2D eigenvalue weighted by Crippen LogP contribution is 2.18. The Morgan fingerprint density at radius 1 is 1.39 bits per heavy atom. The molecule has 0 aliphatic heterocycles. The molecule has 0 radical (unpaired) electrons. The van der Waals surface area contributed by atoms with Crippen LogP contribution in [-0.4, -0.2) is 24.5 Å². The van der Waals surface area contributed by atoms with Crippen molar-refractivity contribution in [3.05, 3.63) is 29.6 Å². The van der Waals surface area contributed by atoms with Crippen LogP contribution in [0.25, 0.3) is 0 Å². The van der Waals surface area contributed by atoms with Gasteiger partial charge in [0, 0.05) is 19.5 Å². The molecule has 0 spiro atoms. The number of rotatable bonds is 6. The Balaban J connectivity index is 2.76. The highest BCUT2D eigenvalue weighted by atomic mass is 19.1. The number of carbonyl (C=O) groups is 1. The highest BCUT2D eigenvalue weighted by Gasteiger charge is 2.12. The van der Waals surface area contributed by atoms with Crippen LogP contribution < -0.4 is 4.74 Å². The molecule has 1 amide bonds. The maximum absolute atomic E-state index is 13.5. The van der Waals surface area contributed by atoms with Crippen molar-refractivity contribution in [2.24, 2.45) is 0 Å². The summed E-state index contributed by atoms with van der Waals surface area (Å²) in [5, 5.41) is 0. The van der Waals surface area contributed by atoms with E-state index >= 15 is 0 Å². The number of nitrogens with zero attached hydrogens (tertiary/aromatic N) is 1. The lowest BCUT2D eigenvalue weighted by Crippen LogP contribution is -2.29. The van der Waals surface area contributed by atoms with Crippen molar-refractivity contribution in [2.75, 3.05) is 13.7 Å². The fraction of sp³-hybridized carbons (Fsp3) is 0.500. The third-order valence-corrected chi connectivity index (χ3v) is 2.79. The molecule has 3 nitrogen and oxygen atoms in total. The van der Waals surface area contributed by atoms with E-state index in [0.717, 1.165) is 12.0 Å². The lowest BCUT2D eigenvalue weighted by atomic mass is 10.2. The van der Waals surface area contributed by atoms with Gasteiger partial charge in [0.1, 0.15) is 0 Å². The second-order valence-corrected chi connectivity index (χ2v) is 4.13. The topological polar surface area (TPSA) is 29.5 Å². The van der Waals surface area contributed by atoms with E-state index in [1.54, 1.807) is 17.0 Å². The van der Waals surface area contributed by atoms with Crippen molar-refractivity contribution in [1.29, 1.82) is 0 Å². The van der Waals surface area contributed by atoms with Crippen LogP contribution in [0.2, 0.25) is 0 Å². The van der Waals surface area contributed by atoms with Gasteiger partial charge in [0.05, 0.1) is 7.11 Å². The van der Waals surface area contributed by atoms with Gasteiger partial charge in [-0.25, -0.2) is 4.39 Å². The fourth-order valence-electron chi connectivity index (χ4n) is 1.78. The van der Waals surface area contributed by atoms with Crippen LogP contribution in [0, 0.1) is 5.82 Å². The molecule has 1 aromatic rings. The van der Waals surface area contributed by atoms with Crippen molar-refractivity contribution in [2.45, 2.75) is 33.2 Å². The molecule has 0 heterocycles. The van der Waals surface area contributed by atoms with Crippen molar-refractivity contribution in [1.82, 2.24) is 4.90 Å². The van der Waals surface area contributed by atoms with Gasteiger partial charge in [-0.2, -0.15) is 0 Å². The van der Waals surface area contributed by atoms with Crippen LogP contribution in [0.5, 0.6) is 5.75 Å². The van der Waals surface area contributed by atoms with Crippen molar-refractivity contribution in [3.63, 3.8) is 0 Å². The summed E-state index contributed by atoms with van der Waals surface area (Å²) < 4.78 is 18.4. The molecule has 0 aliphatic carbocycles. The van der Waals surface area contributed by atoms with E-state index in [-0.39, 0.29) is 11.7 Å². The van der Waals surface area contributed by atoms with Crippen LogP contribution in [0.15, 0.2) is 18.2 Å². The van der Waals surface area contributed by atoms with E-state index in [4.69, 9.17) is 4.74 Å². The van der Waals surface area contributed by atoms with Gasteiger partial charge in [-0.15, -0.1) is 0 Å². The van der Waals surface area contributed by atoms with Gasteiger partial charge in [-0.1, -0.05) is 13.0 Å². The summed E-state index contributed by atoms with van der Waals surface area (Å²) in [6, 6.07) is 4.79. The molecule has 1 aromatic carbocycles. The molecular weight excluding hydrogens is 233 g/mol. The molecule has 0 bridgehead atoms. The Morgan fingerprint density at radius 3 is 2.61 bits per heavy atom. The Kier molecular flexibility index (Phi) is 5.62. The molecule has 0 aromatic heterocycles. The minimum absolute atomic E-state index is 0.108. The predicted octanol–water partition coefficient (Wildman–Crippen LogP) is 2.98. The maximum Gasteiger partial charge on any atom is 0.222 e. The summed E-state index contributed by atoms with van der Waals surface area (Å²) in [6.07, 6.45) is 1.36. The number of methoxy groups -OCH3 is 1. The first kappa shape index (κ1) is 14.5. The third kappa shape index (κ3) is 3.72. The molecule has 0 atom stereocenters.